The van der Waals surface area contributed by atoms with E-state index in [0.29, 0.717) is 18.7 Å². The Hall–Kier alpha value is -2.87. The lowest BCUT2D eigenvalue weighted by Gasteiger charge is -2.21. The van der Waals surface area contributed by atoms with Crippen molar-refractivity contribution in [2.75, 3.05) is 29.5 Å². The highest BCUT2D eigenvalue weighted by molar-refractivity contribution is 7.89. The lowest BCUT2D eigenvalue weighted by molar-refractivity contribution is -0.116. The molecule has 0 saturated carbocycles. The van der Waals surface area contributed by atoms with E-state index in [1.165, 1.54) is 27.4 Å². The Labute approximate surface area is 172 Å². The van der Waals surface area contributed by atoms with Gasteiger partial charge in [-0.25, -0.2) is 13.4 Å². The number of nitrogens with two attached hydrogens (primary N) is 2. The molecule has 2 aliphatic heterocycles. The quantitative estimate of drug-likeness (QED) is 0.751. The highest BCUT2D eigenvalue weighted by Gasteiger charge is 2.36. The molecule has 0 spiro atoms. The molecule has 0 atom stereocenters. The van der Waals surface area contributed by atoms with Gasteiger partial charge < -0.3 is 11.5 Å². The Bertz CT molecular complexity index is 1190. The molecule has 0 unspecified atom stereocenters. The fraction of sp³-hybridized carbons (Fsp3) is 0.278. The third kappa shape index (κ3) is 2.98. The van der Waals surface area contributed by atoms with Gasteiger partial charge in [0, 0.05) is 18.7 Å². The predicted octanol–water partition coefficient (Wildman–Crippen LogP) is 1.78. The molecule has 1 fully saturated rings. The van der Waals surface area contributed by atoms with Crippen molar-refractivity contribution in [3.8, 4) is 6.07 Å². The molecule has 1 saturated heterocycles. The van der Waals surface area contributed by atoms with Crippen molar-refractivity contribution in [3.63, 3.8) is 0 Å². The van der Waals surface area contributed by atoms with Crippen molar-refractivity contribution in [2.24, 2.45) is 0 Å². The summed E-state index contributed by atoms with van der Waals surface area (Å²) in [5.74, 6) is -0.353. The van der Waals surface area contributed by atoms with Crippen LogP contribution in [0.2, 0.25) is 5.02 Å². The number of amides is 1. The molecule has 0 aliphatic carbocycles. The first-order valence-electron chi connectivity index (χ1n) is 8.86. The van der Waals surface area contributed by atoms with Crippen LogP contribution in [0.5, 0.6) is 0 Å². The number of fused-ring (bicyclic) bond motifs is 1. The first-order chi connectivity index (χ1) is 13.8. The Morgan fingerprint density at radius 1 is 1.21 bits per heavy atom. The molecule has 3 heterocycles. The normalized spacial score (nSPS) is 16.8. The van der Waals surface area contributed by atoms with Crippen LogP contribution < -0.4 is 16.4 Å². The Morgan fingerprint density at radius 2 is 1.90 bits per heavy atom. The van der Waals surface area contributed by atoms with Crippen LogP contribution in [0.15, 0.2) is 23.1 Å². The summed E-state index contributed by atoms with van der Waals surface area (Å²) in [7, 11) is -3.71. The number of nitrogen functional groups attached to an aromatic ring is 2. The van der Waals surface area contributed by atoms with E-state index in [2.05, 4.69) is 4.98 Å². The molecule has 150 valence electrons. The molecule has 2 aromatic rings. The number of sulfonamides is 1. The van der Waals surface area contributed by atoms with Crippen molar-refractivity contribution >= 4 is 50.5 Å². The zero-order valence-electron chi connectivity index (χ0n) is 15.2. The molecule has 2 aliphatic rings. The topological polar surface area (TPSA) is 146 Å². The number of pyridine rings is 1. The van der Waals surface area contributed by atoms with Crippen LogP contribution in [0.1, 0.15) is 24.0 Å². The molecule has 29 heavy (non-hydrogen) atoms. The van der Waals surface area contributed by atoms with Gasteiger partial charge in [-0.05, 0) is 31.0 Å². The van der Waals surface area contributed by atoms with Gasteiger partial charge in [0.05, 0.1) is 27.7 Å². The average Bonchev–Trinajstić information content (AvgIpc) is 3.31. The van der Waals surface area contributed by atoms with E-state index < -0.39 is 15.9 Å². The summed E-state index contributed by atoms with van der Waals surface area (Å²) in [5, 5.41) is 9.39. The minimum absolute atomic E-state index is 0.00913. The number of nitriles is 1. The van der Waals surface area contributed by atoms with E-state index >= 15 is 0 Å². The average molecular weight is 433 g/mol. The van der Waals surface area contributed by atoms with Gasteiger partial charge in [-0.15, -0.1) is 0 Å². The van der Waals surface area contributed by atoms with E-state index in [9.17, 15) is 18.5 Å². The first kappa shape index (κ1) is 19.4. The second kappa shape index (κ2) is 6.88. The van der Waals surface area contributed by atoms with Crippen LogP contribution in [0.4, 0.5) is 23.0 Å². The molecule has 1 aromatic carbocycles. The summed E-state index contributed by atoms with van der Waals surface area (Å²) < 4.78 is 27.2. The lowest BCUT2D eigenvalue weighted by atomic mass is 10.1. The maximum atomic E-state index is 12.9. The second-order valence-electron chi connectivity index (χ2n) is 6.83. The number of halogens is 1. The monoisotopic (exact) mass is 432 g/mol. The van der Waals surface area contributed by atoms with Crippen molar-refractivity contribution in [1.82, 2.24) is 9.29 Å². The van der Waals surface area contributed by atoms with Crippen molar-refractivity contribution < 1.29 is 13.2 Å². The van der Waals surface area contributed by atoms with E-state index in [-0.39, 0.29) is 44.9 Å². The predicted molar refractivity (Wildman–Crippen MR) is 108 cm³/mol. The highest BCUT2D eigenvalue weighted by atomic mass is 35.5. The van der Waals surface area contributed by atoms with Gasteiger partial charge >= 0.3 is 0 Å². The molecule has 4 N–H and O–H groups in total. The first-order valence-corrected chi connectivity index (χ1v) is 10.7. The SMILES string of the molecule is N#Cc1c(N)nc2c(c1N)CC(=O)N2c1cc(S(=O)(=O)N2CCCC2)ccc1Cl. The van der Waals surface area contributed by atoms with Gasteiger partial charge in [-0.1, -0.05) is 11.6 Å². The molecular weight excluding hydrogens is 416 g/mol. The highest BCUT2D eigenvalue weighted by Crippen LogP contribution is 2.42. The molecule has 0 bridgehead atoms. The number of aromatic nitrogens is 1. The number of rotatable bonds is 3. The van der Waals surface area contributed by atoms with Crippen LogP contribution in [-0.2, 0) is 21.2 Å². The molecule has 1 aromatic heterocycles. The number of carbonyl (C=O) groups is 1. The number of hydrogen-bond donors (Lipinski definition) is 2. The minimum atomic E-state index is -3.71. The van der Waals surface area contributed by atoms with Crippen LogP contribution >= 0.6 is 11.6 Å². The van der Waals surface area contributed by atoms with Gasteiger partial charge in [0.15, 0.2) is 0 Å². The van der Waals surface area contributed by atoms with Crippen LogP contribution in [0.25, 0.3) is 0 Å². The Kier molecular flexibility index (Phi) is 4.61. The summed E-state index contributed by atoms with van der Waals surface area (Å²) in [4.78, 5) is 18.2. The van der Waals surface area contributed by atoms with E-state index in [0.717, 1.165) is 12.8 Å². The largest absolute Gasteiger partial charge is 0.397 e. The number of hydrogen-bond acceptors (Lipinski definition) is 7. The summed E-state index contributed by atoms with van der Waals surface area (Å²) in [6.45, 7) is 0.911. The number of anilines is 4. The smallest absolute Gasteiger partial charge is 0.243 e. The fourth-order valence-electron chi connectivity index (χ4n) is 3.62. The van der Waals surface area contributed by atoms with Gasteiger partial charge in [-0.2, -0.15) is 9.57 Å². The van der Waals surface area contributed by atoms with Crippen LogP contribution in [0, 0.1) is 11.3 Å². The summed E-state index contributed by atoms with van der Waals surface area (Å²) >= 11 is 6.31. The molecule has 0 radical (unpaired) electrons. The molecule has 11 heteroatoms. The molecule has 1 amide bonds. The number of benzene rings is 1. The maximum Gasteiger partial charge on any atom is 0.243 e. The second-order valence-corrected chi connectivity index (χ2v) is 9.18. The van der Waals surface area contributed by atoms with Gasteiger partial charge in [0.25, 0.3) is 0 Å². The molecular formula is C18H17ClN6O3S. The van der Waals surface area contributed by atoms with Crippen LogP contribution in [0.3, 0.4) is 0 Å². The van der Waals surface area contributed by atoms with Crippen LogP contribution in [-0.4, -0.2) is 36.7 Å². The summed E-state index contributed by atoms with van der Waals surface area (Å²) in [5.41, 5.74) is 12.5. The van der Waals surface area contributed by atoms with Crippen molar-refractivity contribution in [2.45, 2.75) is 24.2 Å². The van der Waals surface area contributed by atoms with E-state index in [1.54, 1.807) is 0 Å². The van der Waals surface area contributed by atoms with Gasteiger partial charge in [0.2, 0.25) is 15.9 Å². The standard InChI is InChI=1S/C18H17ClN6O3S/c19-13-4-3-10(29(27,28)24-5-1-2-6-24)7-14(13)25-15(26)8-11-16(21)12(9-20)17(22)23-18(11)25/h3-4,7H,1-2,5-6,8H2,(H4,21,22,23). The third-order valence-electron chi connectivity index (χ3n) is 5.11. The Morgan fingerprint density at radius 3 is 2.55 bits per heavy atom. The number of carbonyl (C=O) groups excluding carboxylic acids is 1. The van der Waals surface area contributed by atoms with E-state index in [4.69, 9.17) is 23.1 Å². The zero-order chi connectivity index (χ0) is 20.9. The van der Waals surface area contributed by atoms with Gasteiger partial charge in [-0.3, -0.25) is 9.69 Å². The minimum Gasteiger partial charge on any atom is -0.397 e. The maximum absolute atomic E-state index is 12.9. The Balaban J connectivity index is 1.85. The third-order valence-corrected chi connectivity index (χ3v) is 7.32. The van der Waals surface area contributed by atoms with Crippen molar-refractivity contribution in [3.05, 3.63) is 34.3 Å². The molecule has 4 rings (SSSR count). The van der Waals surface area contributed by atoms with Crippen molar-refractivity contribution in [1.29, 1.82) is 5.26 Å². The fourth-order valence-corrected chi connectivity index (χ4v) is 5.36. The zero-order valence-corrected chi connectivity index (χ0v) is 16.8. The molecule has 9 nitrogen and oxygen atoms in total. The van der Waals surface area contributed by atoms with Gasteiger partial charge in [0.1, 0.15) is 23.3 Å². The number of nitrogens with zero attached hydrogens (tertiary/aromatic N) is 4. The van der Waals surface area contributed by atoms with E-state index in [1.807, 2.05) is 6.07 Å². The lowest BCUT2D eigenvalue weighted by Crippen LogP contribution is -2.28. The summed E-state index contributed by atoms with van der Waals surface area (Å²) in [6.07, 6.45) is 1.52. The summed E-state index contributed by atoms with van der Waals surface area (Å²) in [6, 6.07) is 6.08.